The molecule has 4 rings (SSSR count). The van der Waals surface area contributed by atoms with Crippen molar-refractivity contribution in [3.05, 3.63) is 69.8 Å². The van der Waals surface area contributed by atoms with E-state index in [2.05, 4.69) is 10.3 Å². The maximum Gasteiger partial charge on any atom is 0.268 e. The number of hydrogen-bond donors (Lipinski definition) is 2. The lowest BCUT2D eigenvalue weighted by atomic mass is 9.95. The van der Waals surface area contributed by atoms with E-state index in [0.29, 0.717) is 17.4 Å². The molecular formula is C23H25N3O3. The Kier molecular flexibility index (Phi) is 5.34. The molecule has 3 aromatic rings. The normalized spacial score (nSPS) is 14.8. The smallest absolute Gasteiger partial charge is 0.268 e. The highest BCUT2D eigenvalue weighted by Gasteiger charge is 2.25. The zero-order valence-electron chi connectivity index (χ0n) is 16.5. The summed E-state index contributed by atoms with van der Waals surface area (Å²) in [6.07, 6.45) is 8.21. The number of pyridine rings is 2. The van der Waals surface area contributed by atoms with Gasteiger partial charge in [0.2, 0.25) is 0 Å². The van der Waals surface area contributed by atoms with Crippen molar-refractivity contribution in [1.29, 1.82) is 0 Å². The minimum atomic E-state index is -0.504. The molecular weight excluding hydrogens is 366 g/mol. The Labute approximate surface area is 169 Å². The summed E-state index contributed by atoms with van der Waals surface area (Å²) < 4.78 is 1.52. The van der Waals surface area contributed by atoms with Crippen molar-refractivity contribution in [1.82, 2.24) is 14.9 Å². The highest BCUT2D eigenvalue weighted by atomic mass is 16.3. The summed E-state index contributed by atoms with van der Waals surface area (Å²) in [5, 5.41) is 14.2. The fraction of sp³-hybridized carbons (Fsp3) is 0.348. The zero-order valence-corrected chi connectivity index (χ0v) is 16.5. The number of aromatic nitrogens is 2. The second-order valence-corrected chi connectivity index (χ2v) is 7.80. The molecule has 1 fully saturated rings. The molecule has 1 aliphatic carbocycles. The third kappa shape index (κ3) is 3.88. The number of amides is 1. The Bertz CT molecular complexity index is 1100. The molecule has 0 saturated heterocycles. The first-order valence-corrected chi connectivity index (χ1v) is 10.1. The van der Waals surface area contributed by atoms with E-state index in [0.717, 1.165) is 36.8 Å². The van der Waals surface area contributed by atoms with Gasteiger partial charge in [0.15, 0.2) is 0 Å². The van der Waals surface area contributed by atoms with Crippen LogP contribution in [0.1, 0.15) is 53.6 Å². The van der Waals surface area contributed by atoms with E-state index in [4.69, 9.17) is 0 Å². The van der Waals surface area contributed by atoms with Crippen LogP contribution >= 0.6 is 0 Å². The molecule has 0 aliphatic heterocycles. The third-order valence-electron chi connectivity index (χ3n) is 5.67. The van der Waals surface area contributed by atoms with Crippen molar-refractivity contribution in [2.75, 3.05) is 0 Å². The maximum atomic E-state index is 13.3. The molecule has 0 unspecified atom stereocenters. The molecule has 6 nitrogen and oxygen atoms in total. The van der Waals surface area contributed by atoms with Gasteiger partial charge in [-0.15, -0.1) is 0 Å². The number of fused-ring (bicyclic) bond motifs is 1. The van der Waals surface area contributed by atoms with Crippen LogP contribution < -0.4 is 10.9 Å². The number of rotatable bonds is 4. The maximum absolute atomic E-state index is 13.3. The number of nitrogens with zero attached hydrogens (tertiary/aromatic N) is 2. The second kappa shape index (κ2) is 8.07. The topological polar surface area (TPSA) is 84.2 Å². The number of hydrogen-bond acceptors (Lipinski definition) is 4. The molecule has 0 spiro atoms. The third-order valence-corrected chi connectivity index (χ3v) is 5.67. The predicted octanol–water partition coefficient (Wildman–Crippen LogP) is 3.52. The predicted molar refractivity (Wildman–Crippen MR) is 112 cm³/mol. The largest absolute Gasteiger partial charge is 0.506 e. The number of aryl methyl sites for hydroxylation is 1. The van der Waals surface area contributed by atoms with Crippen molar-refractivity contribution < 1.29 is 9.90 Å². The van der Waals surface area contributed by atoms with E-state index >= 15 is 0 Å². The van der Waals surface area contributed by atoms with Crippen LogP contribution in [0.2, 0.25) is 0 Å². The average Bonchev–Trinajstić information content (AvgIpc) is 2.73. The number of carbonyl (C=O) groups excluding carboxylic acids is 1. The Morgan fingerprint density at radius 1 is 1.17 bits per heavy atom. The Balaban J connectivity index is 1.79. The van der Waals surface area contributed by atoms with E-state index in [9.17, 15) is 14.7 Å². The molecule has 29 heavy (non-hydrogen) atoms. The summed E-state index contributed by atoms with van der Waals surface area (Å²) in [5.74, 6) is -0.781. The van der Waals surface area contributed by atoms with E-state index < -0.39 is 11.5 Å². The molecule has 2 aromatic heterocycles. The summed E-state index contributed by atoms with van der Waals surface area (Å²) >= 11 is 0. The number of carbonyl (C=O) groups is 1. The highest BCUT2D eigenvalue weighted by Crippen LogP contribution is 2.27. The fourth-order valence-electron chi connectivity index (χ4n) is 4.02. The molecule has 0 bridgehead atoms. The van der Waals surface area contributed by atoms with Crippen LogP contribution in [0.5, 0.6) is 5.75 Å². The molecule has 2 heterocycles. The van der Waals surface area contributed by atoms with E-state index in [1.54, 1.807) is 18.5 Å². The van der Waals surface area contributed by atoms with Gasteiger partial charge < -0.3 is 15.0 Å². The van der Waals surface area contributed by atoms with Crippen molar-refractivity contribution in [3.63, 3.8) is 0 Å². The molecule has 1 saturated carbocycles. The summed E-state index contributed by atoms with van der Waals surface area (Å²) in [5.41, 5.74) is 1.88. The van der Waals surface area contributed by atoms with Crippen LogP contribution in [0, 0.1) is 6.92 Å². The lowest BCUT2D eigenvalue weighted by molar-refractivity contribution is 0.0923. The van der Waals surface area contributed by atoms with Crippen molar-refractivity contribution >= 4 is 16.8 Å². The zero-order chi connectivity index (χ0) is 20.4. The molecule has 150 valence electrons. The van der Waals surface area contributed by atoms with Crippen molar-refractivity contribution in [3.8, 4) is 5.75 Å². The lowest BCUT2D eigenvalue weighted by Crippen LogP contribution is -2.40. The Morgan fingerprint density at radius 2 is 1.90 bits per heavy atom. The van der Waals surface area contributed by atoms with Crippen molar-refractivity contribution in [2.24, 2.45) is 0 Å². The van der Waals surface area contributed by atoms with Crippen LogP contribution in [0.3, 0.4) is 0 Å². The molecule has 1 aromatic carbocycles. The summed E-state index contributed by atoms with van der Waals surface area (Å²) in [7, 11) is 0. The van der Waals surface area contributed by atoms with Gasteiger partial charge in [0.05, 0.1) is 18.3 Å². The van der Waals surface area contributed by atoms with Gasteiger partial charge in [-0.05, 0) is 31.4 Å². The van der Waals surface area contributed by atoms with Crippen LogP contribution in [0.4, 0.5) is 0 Å². The summed E-state index contributed by atoms with van der Waals surface area (Å²) in [6.45, 7) is 2.30. The quantitative estimate of drug-likeness (QED) is 0.713. The van der Waals surface area contributed by atoms with Gasteiger partial charge in [0.25, 0.3) is 11.5 Å². The van der Waals surface area contributed by atoms with Gasteiger partial charge in [-0.1, -0.05) is 49.1 Å². The van der Waals surface area contributed by atoms with Gasteiger partial charge in [-0.3, -0.25) is 14.6 Å². The number of aromatic hydroxyl groups is 1. The number of benzene rings is 1. The van der Waals surface area contributed by atoms with E-state index in [1.165, 1.54) is 11.0 Å². The first kappa shape index (κ1) is 19.2. The average molecular weight is 391 g/mol. The van der Waals surface area contributed by atoms with Crippen molar-refractivity contribution in [2.45, 2.75) is 51.6 Å². The van der Waals surface area contributed by atoms with Gasteiger partial charge >= 0.3 is 0 Å². The van der Waals surface area contributed by atoms with Crippen LogP contribution in [-0.4, -0.2) is 26.6 Å². The van der Waals surface area contributed by atoms with Crippen LogP contribution in [-0.2, 0) is 6.54 Å². The first-order valence-electron chi connectivity index (χ1n) is 10.1. The minimum Gasteiger partial charge on any atom is -0.506 e. The van der Waals surface area contributed by atoms with Gasteiger partial charge in [-0.25, -0.2) is 0 Å². The second-order valence-electron chi connectivity index (χ2n) is 7.80. The van der Waals surface area contributed by atoms with Crippen LogP contribution in [0.15, 0.2) is 47.5 Å². The van der Waals surface area contributed by atoms with E-state index in [1.807, 2.05) is 31.2 Å². The van der Waals surface area contributed by atoms with Gasteiger partial charge in [0.1, 0.15) is 11.3 Å². The molecule has 2 N–H and O–H groups in total. The Hall–Kier alpha value is -3.15. The summed E-state index contributed by atoms with van der Waals surface area (Å²) in [6, 6.07) is 9.56. The Morgan fingerprint density at radius 3 is 2.62 bits per heavy atom. The van der Waals surface area contributed by atoms with Crippen LogP contribution in [0.25, 0.3) is 10.9 Å². The van der Waals surface area contributed by atoms with Gasteiger partial charge in [0, 0.05) is 17.6 Å². The number of nitrogens with one attached hydrogen (secondary N) is 1. The lowest BCUT2D eigenvalue weighted by Gasteiger charge is -2.23. The first-order chi connectivity index (χ1) is 14.0. The molecule has 0 atom stereocenters. The standard InChI is InChI=1S/C23H25N3O3/c1-15-7-9-16(10-8-15)14-26-19-13-24-12-11-18(19)21(27)20(23(26)29)22(28)25-17-5-3-2-4-6-17/h7-13,17,27H,2-6,14H2,1H3,(H,25,28). The fourth-order valence-corrected chi connectivity index (χ4v) is 4.02. The SMILES string of the molecule is Cc1ccc(Cn2c(=O)c(C(=O)NC3CCCCC3)c(O)c3ccncc32)cc1. The summed E-state index contributed by atoms with van der Waals surface area (Å²) in [4.78, 5) is 30.3. The minimum absolute atomic E-state index is 0.0498. The monoisotopic (exact) mass is 391 g/mol. The molecule has 0 radical (unpaired) electrons. The highest BCUT2D eigenvalue weighted by molar-refractivity contribution is 6.02. The molecule has 1 amide bonds. The molecule has 1 aliphatic rings. The molecule has 6 heteroatoms. The van der Waals surface area contributed by atoms with E-state index in [-0.39, 0.29) is 17.4 Å². The van der Waals surface area contributed by atoms with Gasteiger partial charge in [-0.2, -0.15) is 0 Å².